The van der Waals surface area contributed by atoms with Crippen molar-refractivity contribution in [2.75, 3.05) is 6.61 Å². The summed E-state index contributed by atoms with van der Waals surface area (Å²) in [6, 6.07) is 14.7. The zero-order valence-electron chi connectivity index (χ0n) is 17.6. The van der Waals surface area contributed by atoms with Crippen molar-refractivity contribution in [3.63, 3.8) is 0 Å². The van der Waals surface area contributed by atoms with Gasteiger partial charge in [0.1, 0.15) is 25.0 Å². The molecule has 1 aliphatic carbocycles. The Balaban J connectivity index is 1.34. The van der Waals surface area contributed by atoms with E-state index in [9.17, 15) is 24.8 Å². The van der Waals surface area contributed by atoms with Crippen LogP contribution in [0.4, 0.5) is 10.7 Å². The third-order valence-corrected chi connectivity index (χ3v) is 5.68. The minimum atomic E-state index is -1.20. The molecule has 0 saturated carbocycles. The second-order valence-corrected chi connectivity index (χ2v) is 7.68. The van der Waals surface area contributed by atoms with Gasteiger partial charge in [-0.15, -0.1) is 0 Å². The van der Waals surface area contributed by atoms with Gasteiger partial charge in [0.25, 0.3) is 0 Å². The van der Waals surface area contributed by atoms with Crippen LogP contribution in [0.5, 0.6) is 0 Å². The van der Waals surface area contributed by atoms with Gasteiger partial charge in [-0.25, -0.2) is 14.2 Å². The van der Waals surface area contributed by atoms with Crippen LogP contribution in [0.3, 0.4) is 0 Å². The minimum Gasteiger partial charge on any atom is -0.480 e. The van der Waals surface area contributed by atoms with E-state index < -0.39 is 23.0 Å². The van der Waals surface area contributed by atoms with Crippen molar-refractivity contribution in [1.82, 2.24) is 14.9 Å². The van der Waals surface area contributed by atoms with Gasteiger partial charge in [0.05, 0.1) is 6.54 Å². The molecule has 1 atom stereocenters. The topological polar surface area (TPSA) is 137 Å². The first kappa shape index (κ1) is 22.0. The summed E-state index contributed by atoms with van der Waals surface area (Å²) in [6.07, 6.45) is 2.30. The number of fused-ring (bicyclic) bond motifs is 3. The van der Waals surface area contributed by atoms with Crippen molar-refractivity contribution in [1.29, 1.82) is 0 Å². The molecule has 0 spiro atoms. The third kappa shape index (κ3) is 4.69. The quantitative estimate of drug-likeness (QED) is 0.376. The van der Waals surface area contributed by atoms with Gasteiger partial charge in [-0.1, -0.05) is 53.5 Å². The highest BCUT2D eigenvalue weighted by Crippen LogP contribution is 2.44. The van der Waals surface area contributed by atoms with Gasteiger partial charge in [0.15, 0.2) is 0 Å². The van der Waals surface area contributed by atoms with Crippen LogP contribution in [-0.4, -0.2) is 44.3 Å². The largest absolute Gasteiger partial charge is 0.480 e. The predicted molar refractivity (Wildman–Crippen MR) is 118 cm³/mol. The molecule has 3 aromatic rings. The summed E-state index contributed by atoms with van der Waals surface area (Å²) in [6.45, 7) is 0.278. The SMILES string of the molecule is O=C(N[C@@H](CCCn1ccnc1[N+](=O)[O-])C(=O)O)OCC1c2ccccc2-c2ccccc21. The van der Waals surface area contributed by atoms with Gasteiger partial charge >= 0.3 is 18.0 Å². The molecule has 0 bridgehead atoms. The summed E-state index contributed by atoms with van der Waals surface area (Å²) in [7, 11) is 0. The molecule has 1 aromatic heterocycles. The van der Waals surface area contributed by atoms with Crippen molar-refractivity contribution < 1.29 is 24.4 Å². The van der Waals surface area contributed by atoms with E-state index >= 15 is 0 Å². The highest BCUT2D eigenvalue weighted by molar-refractivity contribution is 5.81. The van der Waals surface area contributed by atoms with Gasteiger partial charge in [-0.3, -0.25) is 0 Å². The predicted octanol–water partition coefficient (Wildman–Crippen LogP) is 3.56. The Hall–Kier alpha value is -4.21. The molecule has 170 valence electrons. The summed E-state index contributed by atoms with van der Waals surface area (Å²) < 4.78 is 6.73. The smallest absolute Gasteiger partial charge is 0.434 e. The number of aliphatic carboxylic acids is 1. The molecule has 4 rings (SSSR count). The average molecular weight is 450 g/mol. The number of imidazole rings is 1. The average Bonchev–Trinajstić information content (AvgIpc) is 3.40. The highest BCUT2D eigenvalue weighted by atomic mass is 16.6. The molecular formula is C23H22N4O6. The molecule has 1 aliphatic rings. The molecule has 2 aromatic carbocycles. The lowest BCUT2D eigenvalue weighted by Gasteiger charge is -2.17. The normalized spacial score (nSPS) is 13.1. The van der Waals surface area contributed by atoms with E-state index in [0.717, 1.165) is 22.3 Å². The molecule has 10 heteroatoms. The molecule has 0 aliphatic heterocycles. The lowest BCUT2D eigenvalue weighted by atomic mass is 9.98. The molecule has 0 fully saturated rings. The van der Waals surface area contributed by atoms with E-state index in [1.165, 1.54) is 17.0 Å². The van der Waals surface area contributed by atoms with Crippen LogP contribution in [0.2, 0.25) is 0 Å². The number of carboxylic acids is 1. The first-order valence-corrected chi connectivity index (χ1v) is 10.5. The maximum absolute atomic E-state index is 12.4. The fourth-order valence-electron chi connectivity index (χ4n) is 4.15. The Kier molecular flexibility index (Phi) is 6.34. The zero-order valence-corrected chi connectivity index (χ0v) is 17.6. The van der Waals surface area contributed by atoms with E-state index in [4.69, 9.17) is 4.74 Å². The number of benzene rings is 2. The Morgan fingerprint density at radius 2 is 1.79 bits per heavy atom. The Labute approximate surface area is 189 Å². The van der Waals surface area contributed by atoms with Crippen LogP contribution in [0.15, 0.2) is 60.9 Å². The summed E-state index contributed by atoms with van der Waals surface area (Å²) in [5, 5.41) is 22.8. The van der Waals surface area contributed by atoms with E-state index in [1.54, 1.807) is 0 Å². The van der Waals surface area contributed by atoms with Crippen LogP contribution in [0.25, 0.3) is 11.1 Å². The second-order valence-electron chi connectivity index (χ2n) is 7.68. The number of carboxylic acid groups (broad SMARTS) is 1. The number of ether oxygens (including phenoxy) is 1. The van der Waals surface area contributed by atoms with Crippen molar-refractivity contribution in [3.8, 4) is 11.1 Å². The third-order valence-electron chi connectivity index (χ3n) is 5.68. The summed E-state index contributed by atoms with van der Waals surface area (Å²) in [4.78, 5) is 37.9. The van der Waals surface area contributed by atoms with Gasteiger partial charge in [0, 0.05) is 5.92 Å². The maximum Gasteiger partial charge on any atom is 0.434 e. The number of nitrogens with zero attached hydrogens (tertiary/aromatic N) is 3. The van der Waals surface area contributed by atoms with Crippen LogP contribution >= 0.6 is 0 Å². The summed E-state index contributed by atoms with van der Waals surface area (Å²) in [5.41, 5.74) is 4.31. The minimum absolute atomic E-state index is 0.0768. The van der Waals surface area contributed by atoms with E-state index in [2.05, 4.69) is 10.3 Å². The molecule has 0 unspecified atom stereocenters. The van der Waals surface area contributed by atoms with Crippen LogP contribution < -0.4 is 5.32 Å². The number of aryl methyl sites for hydroxylation is 1. The van der Waals surface area contributed by atoms with Gasteiger partial charge in [0.2, 0.25) is 0 Å². The molecule has 33 heavy (non-hydrogen) atoms. The van der Waals surface area contributed by atoms with E-state index in [-0.39, 0.29) is 37.9 Å². The van der Waals surface area contributed by atoms with Crippen LogP contribution in [0.1, 0.15) is 29.9 Å². The number of hydrogen-bond donors (Lipinski definition) is 2. The summed E-state index contributed by atoms with van der Waals surface area (Å²) in [5.74, 6) is -1.65. The van der Waals surface area contributed by atoms with E-state index in [1.807, 2.05) is 48.5 Å². The number of carbonyl (C=O) groups is 2. The molecular weight excluding hydrogens is 428 g/mol. The Bertz CT molecular complexity index is 1150. The number of nitrogens with one attached hydrogen (secondary N) is 1. The summed E-state index contributed by atoms with van der Waals surface area (Å²) >= 11 is 0. The Morgan fingerprint density at radius 3 is 2.39 bits per heavy atom. The number of rotatable bonds is 9. The molecule has 0 saturated heterocycles. The number of amides is 1. The molecule has 2 N–H and O–H groups in total. The van der Waals surface area contributed by atoms with Crippen LogP contribution in [0, 0.1) is 10.1 Å². The first-order valence-electron chi connectivity index (χ1n) is 10.5. The van der Waals surface area contributed by atoms with Gasteiger partial charge in [-0.2, -0.15) is 0 Å². The van der Waals surface area contributed by atoms with Crippen LogP contribution in [-0.2, 0) is 16.1 Å². The number of carbonyl (C=O) groups excluding carboxylic acids is 1. The number of hydrogen-bond acceptors (Lipinski definition) is 6. The second kappa shape index (κ2) is 9.51. The van der Waals surface area contributed by atoms with Gasteiger partial charge in [-0.05, 0) is 40.0 Å². The fraction of sp³-hybridized carbons (Fsp3) is 0.261. The van der Waals surface area contributed by atoms with Crippen molar-refractivity contribution in [2.45, 2.75) is 31.3 Å². The van der Waals surface area contributed by atoms with Crippen molar-refractivity contribution >= 4 is 18.0 Å². The monoisotopic (exact) mass is 450 g/mol. The lowest BCUT2D eigenvalue weighted by molar-refractivity contribution is -0.396. The zero-order chi connectivity index (χ0) is 23.4. The highest BCUT2D eigenvalue weighted by Gasteiger charge is 2.29. The fourth-order valence-corrected chi connectivity index (χ4v) is 4.15. The van der Waals surface area contributed by atoms with Gasteiger partial charge < -0.3 is 25.3 Å². The van der Waals surface area contributed by atoms with Crippen molar-refractivity contribution in [2.24, 2.45) is 0 Å². The van der Waals surface area contributed by atoms with E-state index in [0.29, 0.717) is 0 Å². The number of aromatic nitrogens is 2. The number of alkyl carbamates (subject to hydrolysis) is 1. The molecule has 1 amide bonds. The lowest BCUT2D eigenvalue weighted by Crippen LogP contribution is -2.41. The standard InChI is InChI=1S/C23H22N4O6/c28-21(29)20(10-5-12-26-13-11-24-22(26)27(31)32)25-23(30)33-14-19-17-8-3-1-6-15(17)16-7-2-4-9-18(16)19/h1-4,6-9,11,13,19-20H,5,10,12,14H2,(H,25,30)(H,28,29)/t20-/m0/s1. The molecule has 10 nitrogen and oxygen atoms in total. The molecule has 0 radical (unpaired) electrons. The first-order chi connectivity index (χ1) is 16.0. The molecule has 1 heterocycles. The maximum atomic E-state index is 12.4. The Morgan fingerprint density at radius 1 is 1.15 bits per heavy atom. The van der Waals surface area contributed by atoms with Crippen molar-refractivity contribution in [3.05, 3.63) is 82.2 Å². The number of nitro groups is 1.